The van der Waals surface area contributed by atoms with E-state index in [0.717, 1.165) is 11.3 Å². The smallest absolute Gasteiger partial charge is 0.285 e. The molecule has 0 spiro atoms. The number of carbonyl (C=O) groups is 1. The second-order valence-corrected chi connectivity index (χ2v) is 4.19. The first-order valence-electron chi connectivity index (χ1n) is 4.48. The Labute approximate surface area is 106 Å². The molecule has 2 aromatic rings. The molecule has 0 bridgehead atoms. The topological polar surface area (TPSA) is 78.7 Å². The van der Waals surface area contributed by atoms with Crippen molar-refractivity contribution in [1.29, 1.82) is 5.26 Å². The lowest BCUT2D eigenvalue weighted by Crippen LogP contribution is -2.12. The summed E-state index contributed by atoms with van der Waals surface area (Å²) in [4.78, 5) is 19.4. The van der Waals surface area contributed by atoms with Gasteiger partial charge in [-0.15, -0.1) is 11.3 Å². The molecule has 0 aliphatic rings. The van der Waals surface area contributed by atoms with Gasteiger partial charge in [-0.3, -0.25) is 4.79 Å². The molecule has 0 radical (unpaired) electrons. The summed E-state index contributed by atoms with van der Waals surface area (Å²) in [5.74, 6) is -0.0672. The number of hydrogen-bond acceptors (Lipinski definition) is 5. The Morgan fingerprint density at radius 2 is 2.29 bits per heavy atom. The molecule has 84 valence electrons. The number of nitriles is 1. The summed E-state index contributed by atoms with van der Waals surface area (Å²) in [6, 6.07) is 6.75. The zero-order valence-corrected chi connectivity index (χ0v) is 9.92. The molecule has 2 heterocycles. The molecule has 0 fully saturated rings. The molecule has 2 aromatic heterocycles. The first-order chi connectivity index (χ1) is 8.19. The predicted octanol–water partition coefficient (Wildman–Crippen LogP) is 2.32. The van der Waals surface area contributed by atoms with Gasteiger partial charge in [-0.1, -0.05) is 17.7 Å². The molecule has 1 N–H and O–H groups in total. The van der Waals surface area contributed by atoms with Gasteiger partial charge >= 0.3 is 0 Å². The maximum Gasteiger partial charge on any atom is 0.285 e. The SMILES string of the molecule is N#Cc1csc(C(=O)Nc2cccc(Cl)n2)n1. The van der Waals surface area contributed by atoms with Crippen LogP contribution in [0.2, 0.25) is 5.15 Å². The summed E-state index contributed by atoms with van der Waals surface area (Å²) in [7, 11) is 0. The van der Waals surface area contributed by atoms with Gasteiger partial charge in [0.1, 0.15) is 17.0 Å². The number of pyridine rings is 1. The Kier molecular flexibility index (Phi) is 3.32. The van der Waals surface area contributed by atoms with E-state index in [0.29, 0.717) is 11.0 Å². The van der Waals surface area contributed by atoms with E-state index in [4.69, 9.17) is 16.9 Å². The van der Waals surface area contributed by atoms with E-state index in [2.05, 4.69) is 15.3 Å². The van der Waals surface area contributed by atoms with Crippen molar-refractivity contribution in [2.45, 2.75) is 0 Å². The van der Waals surface area contributed by atoms with Crippen LogP contribution in [-0.2, 0) is 0 Å². The van der Waals surface area contributed by atoms with Gasteiger partial charge in [0.05, 0.1) is 0 Å². The third-order valence-corrected chi connectivity index (χ3v) is 2.82. The number of halogens is 1. The molecule has 7 heteroatoms. The average molecular weight is 265 g/mol. The molecule has 0 saturated heterocycles. The number of rotatable bonds is 2. The Bertz CT molecular complexity index is 604. The van der Waals surface area contributed by atoms with Crippen molar-refractivity contribution in [3.63, 3.8) is 0 Å². The van der Waals surface area contributed by atoms with Crippen LogP contribution in [0, 0.1) is 11.3 Å². The molecule has 0 unspecified atom stereocenters. The van der Waals surface area contributed by atoms with E-state index in [1.807, 2.05) is 6.07 Å². The largest absolute Gasteiger partial charge is 0.304 e. The van der Waals surface area contributed by atoms with Crippen molar-refractivity contribution >= 4 is 34.7 Å². The van der Waals surface area contributed by atoms with Crippen LogP contribution in [-0.4, -0.2) is 15.9 Å². The van der Waals surface area contributed by atoms with E-state index in [1.54, 1.807) is 18.2 Å². The quantitative estimate of drug-likeness (QED) is 0.844. The van der Waals surface area contributed by atoms with Crippen LogP contribution >= 0.6 is 22.9 Å². The van der Waals surface area contributed by atoms with Crippen LogP contribution in [0.5, 0.6) is 0 Å². The number of nitrogens with one attached hydrogen (secondary N) is 1. The highest BCUT2D eigenvalue weighted by Crippen LogP contribution is 2.13. The van der Waals surface area contributed by atoms with Crippen molar-refractivity contribution < 1.29 is 4.79 Å². The van der Waals surface area contributed by atoms with Crippen molar-refractivity contribution in [1.82, 2.24) is 9.97 Å². The number of aromatic nitrogens is 2. The molecule has 0 aliphatic heterocycles. The fourth-order valence-corrected chi connectivity index (χ4v) is 1.88. The Morgan fingerprint density at radius 3 is 2.94 bits per heavy atom. The van der Waals surface area contributed by atoms with Gasteiger partial charge in [0, 0.05) is 5.38 Å². The summed E-state index contributed by atoms with van der Waals surface area (Å²) in [5.41, 5.74) is 0.221. The van der Waals surface area contributed by atoms with E-state index in [1.165, 1.54) is 5.38 Å². The maximum absolute atomic E-state index is 11.7. The van der Waals surface area contributed by atoms with Crippen LogP contribution in [0.1, 0.15) is 15.5 Å². The minimum Gasteiger partial charge on any atom is -0.304 e. The lowest BCUT2D eigenvalue weighted by atomic mass is 10.4. The molecule has 0 aliphatic carbocycles. The Morgan fingerprint density at radius 1 is 1.47 bits per heavy atom. The standard InChI is InChI=1S/C10H5ClN4OS/c11-7-2-1-3-8(14-7)15-9(16)10-13-6(4-12)5-17-10/h1-3,5H,(H,14,15,16). The van der Waals surface area contributed by atoms with E-state index in [-0.39, 0.29) is 10.7 Å². The highest BCUT2D eigenvalue weighted by Gasteiger charge is 2.11. The fraction of sp³-hybridized carbons (Fsp3) is 0. The van der Waals surface area contributed by atoms with Crippen molar-refractivity contribution in [3.05, 3.63) is 39.4 Å². The van der Waals surface area contributed by atoms with Crippen LogP contribution < -0.4 is 5.32 Å². The van der Waals surface area contributed by atoms with E-state index in [9.17, 15) is 4.79 Å². The zero-order valence-electron chi connectivity index (χ0n) is 8.35. The van der Waals surface area contributed by atoms with Crippen molar-refractivity contribution in [2.75, 3.05) is 5.32 Å². The molecule has 5 nitrogen and oxygen atoms in total. The van der Waals surface area contributed by atoms with Crippen molar-refractivity contribution in [2.24, 2.45) is 0 Å². The van der Waals surface area contributed by atoms with Crippen LogP contribution in [0.15, 0.2) is 23.6 Å². The summed E-state index contributed by atoms with van der Waals surface area (Å²) < 4.78 is 0. The summed E-state index contributed by atoms with van der Waals surface area (Å²) in [6.07, 6.45) is 0. The molecule has 17 heavy (non-hydrogen) atoms. The number of amides is 1. The van der Waals surface area contributed by atoms with Crippen LogP contribution in [0.3, 0.4) is 0 Å². The Balaban J connectivity index is 2.14. The lowest BCUT2D eigenvalue weighted by molar-refractivity contribution is 0.102. The molecule has 0 aromatic carbocycles. The maximum atomic E-state index is 11.7. The number of carbonyl (C=O) groups excluding carboxylic acids is 1. The third-order valence-electron chi connectivity index (χ3n) is 1.77. The monoisotopic (exact) mass is 264 g/mol. The van der Waals surface area contributed by atoms with Gasteiger partial charge in [-0.05, 0) is 12.1 Å². The molecular formula is C10H5ClN4OS. The highest BCUT2D eigenvalue weighted by molar-refractivity contribution is 7.11. The summed E-state index contributed by atoms with van der Waals surface area (Å²) in [5, 5.41) is 13.1. The number of nitrogens with zero attached hydrogens (tertiary/aromatic N) is 3. The highest BCUT2D eigenvalue weighted by atomic mass is 35.5. The average Bonchev–Trinajstić information content (AvgIpc) is 2.77. The lowest BCUT2D eigenvalue weighted by Gasteiger charge is -2.01. The number of anilines is 1. The van der Waals surface area contributed by atoms with Crippen LogP contribution in [0.25, 0.3) is 0 Å². The third kappa shape index (κ3) is 2.78. The fourth-order valence-electron chi connectivity index (χ4n) is 1.08. The van der Waals surface area contributed by atoms with E-state index >= 15 is 0 Å². The first kappa shape index (κ1) is 11.5. The number of thiazole rings is 1. The van der Waals surface area contributed by atoms with Gasteiger partial charge in [0.15, 0.2) is 10.7 Å². The summed E-state index contributed by atoms with van der Waals surface area (Å²) >= 11 is 6.78. The second kappa shape index (κ2) is 4.91. The minimum atomic E-state index is -0.411. The van der Waals surface area contributed by atoms with Crippen LogP contribution in [0.4, 0.5) is 5.82 Å². The molecule has 2 rings (SSSR count). The van der Waals surface area contributed by atoms with Gasteiger partial charge in [0.25, 0.3) is 5.91 Å². The number of hydrogen-bond donors (Lipinski definition) is 1. The van der Waals surface area contributed by atoms with Crippen molar-refractivity contribution in [3.8, 4) is 6.07 Å². The van der Waals surface area contributed by atoms with Gasteiger partial charge < -0.3 is 5.32 Å². The minimum absolute atomic E-state index is 0.211. The van der Waals surface area contributed by atoms with Gasteiger partial charge in [0.2, 0.25) is 0 Å². The molecular weight excluding hydrogens is 260 g/mol. The predicted molar refractivity (Wildman–Crippen MR) is 64.0 cm³/mol. The normalized spacial score (nSPS) is 9.65. The second-order valence-electron chi connectivity index (χ2n) is 2.95. The van der Waals surface area contributed by atoms with Gasteiger partial charge in [-0.2, -0.15) is 5.26 Å². The summed E-state index contributed by atoms with van der Waals surface area (Å²) in [6.45, 7) is 0. The zero-order chi connectivity index (χ0) is 12.3. The van der Waals surface area contributed by atoms with Gasteiger partial charge in [-0.25, -0.2) is 9.97 Å². The molecule has 1 amide bonds. The van der Waals surface area contributed by atoms with E-state index < -0.39 is 5.91 Å². The Hall–Kier alpha value is -1.97. The molecule has 0 saturated carbocycles. The molecule has 0 atom stereocenters. The first-order valence-corrected chi connectivity index (χ1v) is 5.74.